The van der Waals surface area contributed by atoms with Crippen LogP contribution in [0.25, 0.3) is 11.2 Å². The second-order valence-corrected chi connectivity index (χ2v) is 7.36. The Labute approximate surface area is 187 Å². The van der Waals surface area contributed by atoms with E-state index in [-0.39, 0.29) is 36.0 Å². The first kappa shape index (κ1) is 22.0. The predicted molar refractivity (Wildman–Crippen MR) is 116 cm³/mol. The van der Waals surface area contributed by atoms with E-state index < -0.39 is 35.9 Å². The van der Waals surface area contributed by atoms with Gasteiger partial charge in [0.05, 0.1) is 0 Å². The van der Waals surface area contributed by atoms with Crippen LogP contribution in [0.1, 0.15) is 37.9 Å². The molecule has 1 unspecified atom stereocenters. The first-order valence-corrected chi connectivity index (χ1v) is 10.1. The highest BCUT2D eigenvalue weighted by Gasteiger charge is 2.41. The van der Waals surface area contributed by atoms with Gasteiger partial charge in [-0.2, -0.15) is 4.98 Å². The second-order valence-electron chi connectivity index (χ2n) is 7.36. The number of hydrogen-bond acceptors (Lipinski definition) is 9. The molecule has 0 aliphatic carbocycles. The zero-order valence-electron chi connectivity index (χ0n) is 17.9. The molecule has 1 aromatic carbocycles. The van der Waals surface area contributed by atoms with E-state index in [1.165, 1.54) is 13.8 Å². The van der Waals surface area contributed by atoms with Crippen LogP contribution in [0.15, 0.2) is 35.1 Å². The number of nitrogen functional groups attached to an aromatic ring is 1. The molecule has 0 saturated carbocycles. The topological polar surface area (TPSA) is 151 Å². The number of benzene rings is 1. The number of anilines is 1. The zero-order chi connectivity index (χ0) is 23.5. The number of nitrogens with one attached hydrogen (secondary N) is 1. The largest absolute Gasteiger partial charge is 0.463 e. The fraction of sp³-hybridized carbons (Fsp3) is 0.318. The fourth-order valence-corrected chi connectivity index (χ4v) is 3.56. The number of hydrogen-bond donors (Lipinski definition) is 2. The molecule has 2 aromatic heterocycles. The number of fused-ring (bicyclic) bond motifs is 1. The number of nitrogens with two attached hydrogens (primary N) is 1. The number of aromatic nitrogens is 4. The third-order valence-electron chi connectivity index (χ3n) is 4.90. The summed E-state index contributed by atoms with van der Waals surface area (Å²) >= 11 is 0. The number of esters is 2. The van der Waals surface area contributed by atoms with Gasteiger partial charge < -0.3 is 19.9 Å². The van der Waals surface area contributed by atoms with Gasteiger partial charge in [0, 0.05) is 25.8 Å². The minimum atomic E-state index is -0.756. The van der Waals surface area contributed by atoms with Crippen LogP contribution in [0, 0.1) is 11.8 Å². The molecule has 1 fully saturated rings. The van der Waals surface area contributed by atoms with Gasteiger partial charge in [-0.25, -0.2) is 4.98 Å². The molecule has 3 heterocycles. The molecule has 11 nitrogen and oxygen atoms in total. The van der Waals surface area contributed by atoms with E-state index in [9.17, 15) is 14.4 Å². The molecule has 11 heteroatoms. The average molecular weight is 451 g/mol. The minimum Gasteiger partial charge on any atom is -0.463 e. The maximum atomic E-state index is 12.4. The van der Waals surface area contributed by atoms with Crippen LogP contribution in [0.3, 0.4) is 0 Å². The molecule has 0 amide bonds. The van der Waals surface area contributed by atoms with Gasteiger partial charge in [-0.3, -0.25) is 23.9 Å². The highest BCUT2D eigenvalue weighted by atomic mass is 16.6. The number of aromatic amines is 1. The molecule has 0 bridgehead atoms. The number of rotatable bonds is 4. The van der Waals surface area contributed by atoms with E-state index in [0.29, 0.717) is 0 Å². The van der Waals surface area contributed by atoms with E-state index in [0.717, 1.165) is 5.56 Å². The van der Waals surface area contributed by atoms with E-state index in [1.807, 2.05) is 30.3 Å². The molecule has 3 N–H and O–H groups in total. The van der Waals surface area contributed by atoms with Crippen LogP contribution in [0.5, 0.6) is 0 Å². The van der Waals surface area contributed by atoms with Crippen LogP contribution in [-0.2, 0) is 23.8 Å². The quantitative estimate of drug-likeness (QED) is 0.435. The lowest BCUT2D eigenvalue weighted by Crippen LogP contribution is -2.31. The monoisotopic (exact) mass is 451 g/mol. The predicted octanol–water partition coefficient (Wildman–Crippen LogP) is 0.884. The Hall–Kier alpha value is -4.17. The molecule has 1 aliphatic rings. The molecule has 3 atom stereocenters. The van der Waals surface area contributed by atoms with Crippen LogP contribution >= 0.6 is 0 Å². The van der Waals surface area contributed by atoms with Crippen molar-refractivity contribution in [3.63, 3.8) is 0 Å². The summed E-state index contributed by atoms with van der Waals surface area (Å²) < 4.78 is 18.0. The summed E-state index contributed by atoms with van der Waals surface area (Å²) in [6.45, 7) is 2.44. The number of H-pyrrole nitrogens is 1. The molecule has 1 aliphatic heterocycles. The number of imidazole rings is 1. The number of nitrogens with zero attached hydrogens (tertiary/aromatic N) is 3. The molecule has 33 heavy (non-hydrogen) atoms. The van der Waals surface area contributed by atoms with Crippen LogP contribution in [0.4, 0.5) is 5.95 Å². The lowest BCUT2D eigenvalue weighted by Gasteiger charge is -2.17. The van der Waals surface area contributed by atoms with Crippen molar-refractivity contribution in [2.75, 3.05) is 12.3 Å². The first-order valence-electron chi connectivity index (χ1n) is 10.1. The molecule has 3 aromatic rings. The Bertz CT molecular complexity index is 1320. The molecule has 1 saturated heterocycles. The Morgan fingerprint density at radius 1 is 1.21 bits per heavy atom. The maximum absolute atomic E-state index is 12.4. The summed E-state index contributed by atoms with van der Waals surface area (Å²) in [5, 5.41) is 0. The number of ether oxygens (including phenoxy) is 3. The Morgan fingerprint density at radius 2 is 1.97 bits per heavy atom. The van der Waals surface area contributed by atoms with Crippen molar-refractivity contribution in [1.29, 1.82) is 0 Å². The fourth-order valence-electron chi connectivity index (χ4n) is 3.56. The normalized spacial score (nSPS) is 19.6. The van der Waals surface area contributed by atoms with E-state index >= 15 is 0 Å². The lowest BCUT2D eigenvalue weighted by molar-refractivity contribution is -0.155. The van der Waals surface area contributed by atoms with Gasteiger partial charge in [0.25, 0.3) is 5.56 Å². The van der Waals surface area contributed by atoms with Crippen LogP contribution in [0.2, 0.25) is 0 Å². The second kappa shape index (κ2) is 9.13. The van der Waals surface area contributed by atoms with Crippen molar-refractivity contribution in [2.24, 2.45) is 0 Å². The number of carbonyl (C=O) groups is 2. The summed E-state index contributed by atoms with van der Waals surface area (Å²) in [6, 6.07) is 9.24. The van der Waals surface area contributed by atoms with Gasteiger partial charge in [0.1, 0.15) is 25.0 Å². The molecular formula is C22H21N5O6. The summed E-state index contributed by atoms with van der Waals surface area (Å²) in [6.07, 6.45) is -1.98. The highest BCUT2D eigenvalue weighted by molar-refractivity contribution is 5.73. The summed E-state index contributed by atoms with van der Waals surface area (Å²) in [4.78, 5) is 46.3. The molecule has 0 spiro atoms. The third kappa shape index (κ3) is 4.86. The average Bonchev–Trinajstić information content (AvgIpc) is 3.31. The van der Waals surface area contributed by atoms with Crippen molar-refractivity contribution in [2.45, 2.75) is 38.7 Å². The standard InChI is InChI=1S/C22H21N5O6/c1-12(28)31-11-16-15(32-13(2)29)10-18(33-16)27-17(9-8-14-6-4-3-5-7-14)24-19-20(27)25-22(23)26-21(19)30/h3-7,15-16,18H,10-11H2,1-2H3,(H3,23,25,26,30)/t15?,16-,18-/m1/s1. The third-order valence-corrected chi connectivity index (χ3v) is 4.90. The minimum absolute atomic E-state index is 0.0395. The van der Waals surface area contributed by atoms with Gasteiger partial charge in [0.2, 0.25) is 5.95 Å². The Morgan fingerprint density at radius 3 is 2.67 bits per heavy atom. The van der Waals surface area contributed by atoms with Crippen molar-refractivity contribution in [1.82, 2.24) is 19.5 Å². The van der Waals surface area contributed by atoms with E-state index in [4.69, 9.17) is 19.9 Å². The SMILES string of the molecule is CC(=O)OC[C@H]1O[C@@H](n2c(C#Cc3ccccc3)nc3c(=O)[nH]c(N)nc32)CC1OC(C)=O. The Kier molecular flexibility index (Phi) is 6.10. The van der Waals surface area contributed by atoms with Gasteiger partial charge in [-0.05, 0) is 18.1 Å². The van der Waals surface area contributed by atoms with Crippen molar-refractivity contribution < 1.29 is 23.8 Å². The first-order chi connectivity index (χ1) is 15.8. The lowest BCUT2D eigenvalue weighted by atomic mass is 10.2. The van der Waals surface area contributed by atoms with E-state index in [1.54, 1.807) is 4.57 Å². The summed E-state index contributed by atoms with van der Waals surface area (Å²) in [5.41, 5.74) is 6.19. The summed E-state index contributed by atoms with van der Waals surface area (Å²) in [5.74, 6) is 5.08. The Balaban J connectivity index is 1.78. The van der Waals surface area contributed by atoms with Crippen molar-refractivity contribution >= 4 is 29.1 Å². The van der Waals surface area contributed by atoms with Gasteiger partial charge in [-0.15, -0.1) is 0 Å². The molecule has 4 rings (SSSR count). The van der Waals surface area contributed by atoms with Crippen molar-refractivity contribution in [3.8, 4) is 11.8 Å². The van der Waals surface area contributed by atoms with Gasteiger partial charge >= 0.3 is 11.9 Å². The molecule has 0 radical (unpaired) electrons. The zero-order valence-corrected chi connectivity index (χ0v) is 17.9. The van der Waals surface area contributed by atoms with Crippen molar-refractivity contribution in [3.05, 3.63) is 52.1 Å². The summed E-state index contributed by atoms with van der Waals surface area (Å²) in [7, 11) is 0. The molecular weight excluding hydrogens is 430 g/mol. The van der Waals surface area contributed by atoms with Gasteiger partial charge in [-0.1, -0.05) is 24.1 Å². The van der Waals surface area contributed by atoms with Crippen LogP contribution < -0.4 is 11.3 Å². The smallest absolute Gasteiger partial charge is 0.303 e. The maximum Gasteiger partial charge on any atom is 0.303 e. The van der Waals surface area contributed by atoms with E-state index in [2.05, 4.69) is 26.8 Å². The molecule has 170 valence electrons. The van der Waals surface area contributed by atoms with Crippen LogP contribution in [-0.4, -0.2) is 50.3 Å². The highest BCUT2D eigenvalue weighted by Crippen LogP contribution is 2.34. The van der Waals surface area contributed by atoms with Gasteiger partial charge in [0.15, 0.2) is 17.0 Å². The number of carbonyl (C=O) groups excluding carboxylic acids is 2.